The molecule has 0 aliphatic rings. The van der Waals surface area contributed by atoms with E-state index in [1.54, 1.807) is 0 Å². The molecule has 0 fully saturated rings. The first-order valence-electron chi connectivity index (χ1n) is 7.03. The van der Waals surface area contributed by atoms with E-state index in [1.807, 2.05) is 0 Å². The zero-order chi connectivity index (χ0) is 17.7. The molecule has 1 atom stereocenters. The average molecular weight is 330 g/mol. The number of amides is 2. The Bertz CT molecular complexity index is 802. The van der Waals surface area contributed by atoms with Crippen LogP contribution in [0, 0.1) is 17.7 Å². The van der Waals surface area contributed by atoms with Gasteiger partial charge in [0.25, 0.3) is 0 Å². The first-order chi connectivity index (χ1) is 11.4. The number of carbonyl (C=O) groups is 2. The molecule has 0 radical (unpaired) electrons. The molecule has 0 spiro atoms. The summed E-state index contributed by atoms with van der Waals surface area (Å²) < 4.78 is 18.2. The number of benzene rings is 1. The molecule has 1 aromatic heterocycles. The molecule has 0 bridgehead atoms. The highest BCUT2D eigenvalue weighted by Crippen LogP contribution is 2.12. The van der Waals surface area contributed by atoms with Crippen LogP contribution in [-0.2, 0) is 6.42 Å². The number of halogens is 1. The first kappa shape index (κ1) is 17.2. The number of nitrogens with zero attached hydrogens (tertiary/aromatic N) is 1. The van der Waals surface area contributed by atoms with Crippen molar-refractivity contribution in [1.82, 2.24) is 5.06 Å². The number of primary amides is 1. The minimum Gasteiger partial charge on any atom is -0.445 e. The lowest BCUT2D eigenvalue weighted by Crippen LogP contribution is -2.38. The van der Waals surface area contributed by atoms with Crippen LogP contribution >= 0.6 is 0 Å². The molecule has 7 heteroatoms. The maximum Gasteiger partial charge on any atom is 0.339 e. The van der Waals surface area contributed by atoms with Crippen LogP contribution in [0.5, 0.6) is 0 Å². The quantitative estimate of drug-likeness (QED) is 0.389. The summed E-state index contributed by atoms with van der Waals surface area (Å²) in [5.74, 6) is 4.85. The Kier molecular flexibility index (Phi) is 5.35. The fraction of sp³-hybridized carbons (Fsp3) is 0.176. The Balaban J connectivity index is 2.04. The second kappa shape index (κ2) is 7.44. The van der Waals surface area contributed by atoms with Crippen LogP contribution in [0.1, 0.15) is 28.8 Å². The van der Waals surface area contributed by atoms with Crippen molar-refractivity contribution in [3.8, 4) is 11.8 Å². The Morgan fingerprint density at radius 1 is 1.29 bits per heavy atom. The van der Waals surface area contributed by atoms with E-state index in [-0.39, 0.29) is 34.6 Å². The molecule has 0 aliphatic heterocycles. The predicted octanol–water partition coefficient (Wildman–Crippen LogP) is 2.35. The topological polar surface area (TPSA) is 96.8 Å². The lowest BCUT2D eigenvalue weighted by molar-refractivity contribution is -0.0536. The number of ketones is 1. The summed E-state index contributed by atoms with van der Waals surface area (Å²) in [5.41, 5.74) is 5.57. The molecule has 2 aromatic rings. The predicted molar refractivity (Wildman–Crippen MR) is 82.7 cm³/mol. The largest absolute Gasteiger partial charge is 0.445 e. The van der Waals surface area contributed by atoms with Gasteiger partial charge in [-0.2, -0.15) is 5.06 Å². The highest BCUT2D eigenvalue weighted by atomic mass is 19.1. The molecule has 1 aromatic carbocycles. The number of urea groups is 1. The number of nitrogens with two attached hydrogens (primary N) is 1. The van der Waals surface area contributed by atoms with E-state index >= 15 is 0 Å². The van der Waals surface area contributed by atoms with Gasteiger partial charge in [-0.15, -0.1) is 0 Å². The second-order valence-corrected chi connectivity index (χ2v) is 5.02. The smallest absolute Gasteiger partial charge is 0.339 e. The van der Waals surface area contributed by atoms with Crippen molar-refractivity contribution in [2.75, 3.05) is 0 Å². The summed E-state index contributed by atoms with van der Waals surface area (Å²) in [4.78, 5) is 22.9. The van der Waals surface area contributed by atoms with E-state index in [2.05, 4.69) is 11.8 Å². The molecule has 24 heavy (non-hydrogen) atoms. The van der Waals surface area contributed by atoms with Crippen molar-refractivity contribution in [1.29, 1.82) is 0 Å². The average Bonchev–Trinajstić information content (AvgIpc) is 3.03. The van der Waals surface area contributed by atoms with Gasteiger partial charge in [-0.3, -0.25) is 10.0 Å². The highest BCUT2D eigenvalue weighted by molar-refractivity contribution is 5.95. The summed E-state index contributed by atoms with van der Waals surface area (Å²) in [6.07, 6.45) is 0.0726. The summed E-state index contributed by atoms with van der Waals surface area (Å²) in [5, 5.41) is 9.58. The van der Waals surface area contributed by atoms with Gasteiger partial charge in [-0.1, -0.05) is 18.1 Å². The Morgan fingerprint density at radius 3 is 2.58 bits per heavy atom. The number of hydroxylamine groups is 2. The zero-order valence-electron chi connectivity index (χ0n) is 12.8. The third-order valence-electron chi connectivity index (χ3n) is 3.16. The number of furan rings is 1. The van der Waals surface area contributed by atoms with E-state index in [0.29, 0.717) is 5.56 Å². The van der Waals surface area contributed by atoms with E-state index < -0.39 is 12.1 Å². The third-order valence-corrected chi connectivity index (χ3v) is 3.16. The van der Waals surface area contributed by atoms with Crippen molar-refractivity contribution >= 4 is 11.8 Å². The van der Waals surface area contributed by atoms with Crippen LogP contribution in [0.2, 0.25) is 0 Å². The fourth-order valence-corrected chi connectivity index (χ4v) is 1.86. The van der Waals surface area contributed by atoms with Crippen molar-refractivity contribution in [3.63, 3.8) is 0 Å². The number of hydrogen-bond donors (Lipinski definition) is 2. The summed E-state index contributed by atoms with van der Waals surface area (Å²) >= 11 is 0. The molecule has 1 unspecified atom stereocenters. The van der Waals surface area contributed by atoms with Gasteiger partial charge in [0, 0.05) is 6.42 Å². The lowest BCUT2D eigenvalue weighted by atomic mass is 10.1. The minimum atomic E-state index is -1.02. The van der Waals surface area contributed by atoms with Crippen LogP contribution in [0.3, 0.4) is 0 Å². The van der Waals surface area contributed by atoms with E-state index in [9.17, 15) is 19.2 Å². The maximum absolute atomic E-state index is 12.8. The number of rotatable bonds is 4. The SMILES string of the molecule is CC(C#Cc1ccc(C(=O)Cc2ccc(F)cc2)o1)N(O)C(N)=O. The van der Waals surface area contributed by atoms with Gasteiger partial charge in [0.2, 0.25) is 5.78 Å². The molecule has 1 heterocycles. The van der Waals surface area contributed by atoms with Crippen molar-refractivity contribution in [3.05, 3.63) is 59.3 Å². The van der Waals surface area contributed by atoms with Crippen LogP contribution in [-0.4, -0.2) is 28.1 Å². The zero-order valence-corrected chi connectivity index (χ0v) is 12.8. The van der Waals surface area contributed by atoms with Gasteiger partial charge in [-0.25, -0.2) is 9.18 Å². The normalized spacial score (nSPS) is 11.3. The fourth-order valence-electron chi connectivity index (χ4n) is 1.86. The van der Waals surface area contributed by atoms with Gasteiger partial charge in [0.15, 0.2) is 11.5 Å². The van der Waals surface area contributed by atoms with Gasteiger partial charge in [0.05, 0.1) is 0 Å². The number of Topliss-reactive ketones (excluding diaryl/α,β-unsaturated/α-hetero) is 1. The van der Waals surface area contributed by atoms with Crippen LogP contribution in [0.4, 0.5) is 9.18 Å². The van der Waals surface area contributed by atoms with E-state index in [0.717, 1.165) is 0 Å². The van der Waals surface area contributed by atoms with E-state index in [1.165, 1.54) is 43.3 Å². The third kappa shape index (κ3) is 4.44. The molecule has 0 aliphatic carbocycles. The summed E-state index contributed by atoms with van der Waals surface area (Å²) in [6, 6.07) is 6.74. The standard InChI is InChI=1S/C17H15FN2O4/c1-11(20(23)17(19)22)2-7-14-8-9-16(24-14)15(21)10-12-3-5-13(18)6-4-12/h3-6,8-9,11,23H,10H2,1H3,(H2,19,22). The monoisotopic (exact) mass is 330 g/mol. The highest BCUT2D eigenvalue weighted by Gasteiger charge is 2.13. The van der Waals surface area contributed by atoms with Crippen LogP contribution in [0.15, 0.2) is 40.8 Å². The summed E-state index contributed by atoms with van der Waals surface area (Å²) in [7, 11) is 0. The van der Waals surface area contributed by atoms with Gasteiger partial charge in [0.1, 0.15) is 11.9 Å². The molecule has 0 saturated heterocycles. The van der Waals surface area contributed by atoms with Crippen molar-refractivity contribution < 1.29 is 23.6 Å². The summed E-state index contributed by atoms with van der Waals surface area (Å²) in [6.45, 7) is 1.47. The number of carbonyl (C=O) groups excluding carboxylic acids is 2. The molecule has 3 N–H and O–H groups in total. The Morgan fingerprint density at radius 2 is 1.96 bits per heavy atom. The first-order valence-corrected chi connectivity index (χ1v) is 7.03. The van der Waals surface area contributed by atoms with Crippen LogP contribution < -0.4 is 5.73 Å². The van der Waals surface area contributed by atoms with Gasteiger partial charge in [-0.05, 0) is 42.7 Å². The van der Waals surface area contributed by atoms with Gasteiger partial charge >= 0.3 is 6.03 Å². The van der Waals surface area contributed by atoms with Crippen molar-refractivity contribution in [2.45, 2.75) is 19.4 Å². The van der Waals surface area contributed by atoms with Crippen molar-refractivity contribution in [2.24, 2.45) is 5.73 Å². The molecule has 2 rings (SSSR count). The molecular formula is C17H15FN2O4. The molecule has 6 nitrogen and oxygen atoms in total. The maximum atomic E-state index is 12.8. The van der Waals surface area contributed by atoms with E-state index in [4.69, 9.17) is 10.2 Å². The molecule has 2 amide bonds. The van der Waals surface area contributed by atoms with Crippen LogP contribution in [0.25, 0.3) is 0 Å². The lowest BCUT2D eigenvalue weighted by Gasteiger charge is -2.14. The molecule has 0 saturated carbocycles. The Hall–Kier alpha value is -3.11. The Labute approximate surface area is 137 Å². The second-order valence-electron chi connectivity index (χ2n) is 5.02. The number of hydrogen-bond acceptors (Lipinski definition) is 4. The molecule has 124 valence electrons. The minimum absolute atomic E-state index is 0.0726. The van der Waals surface area contributed by atoms with Gasteiger partial charge < -0.3 is 10.2 Å². The molecular weight excluding hydrogens is 315 g/mol.